The number of aliphatic imine (C=N–C) groups is 1. The highest BCUT2D eigenvalue weighted by Crippen LogP contribution is 2.26. The molecule has 1 saturated heterocycles. The first-order valence-electron chi connectivity index (χ1n) is 8.23. The van der Waals surface area contributed by atoms with Crippen LogP contribution in [0.3, 0.4) is 0 Å². The lowest BCUT2D eigenvalue weighted by atomic mass is 10.00. The molecule has 128 valence electrons. The van der Waals surface area contributed by atoms with Crippen molar-refractivity contribution in [1.29, 1.82) is 5.26 Å². The third kappa shape index (κ3) is 4.29. The zero-order valence-corrected chi connectivity index (χ0v) is 15.1. The highest BCUT2D eigenvalue weighted by molar-refractivity contribution is 8.18. The van der Waals surface area contributed by atoms with Gasteiger partial charge in [0.1, 0.15) is 0 Å². The van der Waals surface area contributed by atoms with E-state index in [-0.39, 0.29) is 5.91 Å². The van der Waals surface area contributed by atoms with Gasteiger partial charge in [0.05, 0.1) is 4.91 Å². The average Bonchev–Trinajstić information content (AvgIpc) is 3.01. The van der Waals surface area contributed by atoms with Crippen LogP contribution in [0.2, 0.25) is 0 Å². The van der Waals surface area contributed by atoms with E-state index in [1.165, 1.54) is 22.9 Å². The van der Waals surface area contributed by atoms with E-state index in [1.54, 1.807) is 12.3 Å². The molecule has 5 heteroatoms. The standard InChI is InChI=1S/C21H17N3OS/c1-2-17(18-6-4-3-5-7-18)12-15-8-10-16(11-9-15)13-19-20(25)24-21(26-19)23-14-22/h3-13H,2H2,1H3,(H,23,24,25)/b17-12?,19-13-. The van der Waals surface area contributed by atoms with Crippen molar-refractivity contribution < 1.29 is 4.79 Å². The number of rotatable bonds is 4. The van der Waals surface area contributed by atoms with Crippen molar-refractivity contribution in [3.05, 3.63) is 76.2 Å². The van der Waals surface area contributed by atoms with E-state index in [4.69, 9.17) is 5.26 Å². The van der Waals surface area contributed by atoms with Crippen molar-refractivity contribution in [2.45, 2.75) is 13.3 Å². The number of thioether (sulfide) groups is 1. The van der Waals surface area contributed by atoms with E-state index in [2.05, 4.69) is 35.4 Å². The summed E-state index contributed by atoms with van der Waals surface area (Å²) in [7, 11) is 0. The van der Waals surface area contributed by atoms with Gasteiger partial charge in [-0.25, -0.2) is 0 Å². The van der Waals surface area contributed by atoms with Gasteiger partial charge in [-0.1, -0.05) is 67.6 Å². The zero-order chi connectivity index (χ0) is 18.4. The fourth-order valence-electron chi connectivity index (χ4n) is 2.61. The van der Waals surface area contributed by atoms with E-state index in [1.807, 2.05) is 42.5 Å². The number of amides is 1. The summed E-state index contributed by atoms with van der Waals surface area (Å²) in [5.74, 6) is -0.231. The number of allylic oxidation sites excluding steroid dienone is 1. The Bertz CT molecular complexity index is 935. The summed E-state index contributed by atoms with van der Waals surface area (Å²) in [5.41, 5.74) is 4.54. The largest absolute Gasteiger partial charge is 0.300 e. The van der Waals surface area contributed by atoms with E-state index >= 15 is 0 Å². The summed E-state index contributed by atoms with van der Waals surface area (Å²) in [6.07, 6.45) is 6.61. The zero-order valence-electron chi connectivity index (χ0n) is 14.3. The van der Waals surface area contributed by atoms with Gasteiger partial charge in [-0.3, -0.25) is 10.1 Å². The number of amidine groups is 1. The summed E-state index contributed by atoms with van der Waals surface area (Å²) in [6, 6.07) is 18.4. The Morgan fingerprint density at radius 1 is 1.15 bits per heavy atom. The first-order valence-corrected chi connectivity index (χ1v) is 9.05. The number of carbonyl (C=O) groups excluding carboxylic acids is 1. The van der Waals surface area contributed by atoms with E-state index < -0.39 is 0 Å². The lowest BCUT2D eigenvalue weighted by molar-refractivity contribution is -0.115. The fraction of sp³-hybridized carbons (Fsp3) is 0.0952. The van der Waals surface area contributed by atoms with Gasteiger partial charge in [0.15, 0.2) is 5.17 Å². The maximum absolute atomic E-state index is 11.9. The van der Waals surface area contributed by atoms with Crippen molar-refractivity contribution in [1.82, 2.24) is 5.32 Å². The van der Waals surface area contributed by atoms with Gasteiger partial charge in [0.2, 0.25) is 6.19 Å². The van der Waals surface area contributed by atoms with Crippen LogP contribution in [0.25, 0.3) is 17.7 Å². The number of benzene rings is 2. The molecule has 0 aromatic heterocycles. The molecule has 1 aliphatic rings. The third-order valence-corrected chi connectivity index (χ3v) is 4.81. The number of hydrogen-bond donors (Lipinski definition) is 1. The molecule has 0 unspecified atom stereocenters. The minimum atomic E-state index is -0.231. The summed E-state index contributed by atoms with van der Waals surface area (Å²) < 4.78 is 0. The quantitative estimate of drug-likeness (QED) is 0.490. The first kappa shape index (κ1) is 17.7. The van der Waals surface area contributed by atoms with Crippen LogP contribution in [0, 0.1) is 11.5 Å². The maximum Gasteiger partial charge on any atom is 0.264 e. The molecule has 0 bridgehead atoms. The Kier molecular flexibility index (Phi) is 5.67. The summed E-state index contributed by atoms with van der Waals surface area (Å²) >= 11 is 1.17. The molecule has 1 heterocycles. The Morgan fingerprint density at radius 2 is 1.85 bits per heavy atom. The number of hydrogen-bond acceptors (Lipinski definition) is 4. The number of nitriles is 1. The van der Waals surface area contributed by atoms with Gasteiger partial charge < -0.3 is 0 Å². The van der Waals surface area contributed by atoms with Crippen LogP contribution in [0.5, 0.6) is 0 Å². The van der Waals surface area contributed by atoms with Crippen LogP contribution in [-0.4, -0.2) is 11.1 Å². The van der Waals surface area contributed by atoms with E-state index in [0.717, 1.165) is 17.5 Å². The molecule has 2 aromatic rings. The molecule has 4 nitrogen and oxygen atoms in total. The molecule has 0 radical (unpaired) electrons. The number of nitrogens with zero attached hydrogens (tertiary/aromatic N) is 2. The Balaban J connectivity index is 1.80. The van der Waals surface area contributed by atoms with Crippen molar-refractivity contribution in [2.75, 3.05) is 0 Å². The molecule has 1 aliphatic heterocycles. The predicted molar refractivity (Wildman–Crippen MR) is 108 cm³/mol. The van der Waals surface area contributed by atoms with Crippen molar-refractivity contribution in [2.24, 2.45) is 4.99 Å². The second-order valence-corrected chi connectivity index (χ2v) is 6.67. The summed E-state index contributed by atoms with van der Waals surface area (Å²) in [5, 5.41) is 11.4. The molecule has 0 saturated carbocycles. The third-order valence-electron chi connectivity index (χ3n) is 3.90. The van der Waals surface area contributed by atoms with Gasteiger partial charge in [-0.2, -0.15) is 5.26 Å². The Labute approximate surface area is 157 Å². The minimum absolute atomic E-state index is 0.231. The number of carbonyl (C=O) groups is 1. The van der Waals surface area contributed by atoms with E-state index in [0.29, 0.717) is 10.1 Å². The molecule has 26 heavy (non-hydrogen) atoms. The van der Waals surface area contributed by atoms with Gasteiger partial charge in [-0.15, -0.1) is 4.99 Å². The molecule has 0 atom stereocenters. The second kappa shape index (κ2) is 8.32. The summed E-state index contributed by atoms with van der Waals surface area (Å²) in [4.78, 5) is 16.0. The van der Waals surface area contributed by atoms with Gasteiger partial charge in [0, 0.05) is 0 Å². The molecule has 1 fully saturated rings. The molecular weight excluding hydrogens is 342 g/mol. The molecular formula is C21H17N3OS. The highest BCUT2D eigenvalue weighted by atomic mass is 32.2. The summed E-state index contributed by atoms with van der Waals surface area (Å²) in [6.45, 7) is 2.15. The lowest BCUT2D eigenvalue weighted by Gasteiger charge is -2.05. The Morgan fingerprint density at radius 3 is 2.50 bits per heavy atom. The second-order valence-electron chi connectivity index (χ2n) is 5.64. The van der Waals surface area contributed by atoms with Crippen molar-refractivity contribution >= 4 is 40.6 Å². The van der Waals surface area contributed by atoms with Crippen LogP contribution < -0.4 is 5.32 Å². The van der Waals surface area contributed by atoms with Gasteiger partial charge in [-0.05, 0) is 46.5 Å². The Hall–Kier alpha value is -3.10. The predicted octanol–water partition coefficient (Wildman–Crippen LogP) is 4.68. The molecule has 0 aliphatic carbocycles. The SMILES string of the molecule is CCC(=Cc1ccc(/C=C2\SC(=NC#N)NC2=O)cc1)c1ccccc1. The number of nitrogens with one attached hydrogen (secondary N) is 1. The van der Waals surface area contributed by atoms with Crippen LogP contribution in [0.1, 0.15) is 30.0 Å². The molecule has 3 rings (SSSR count). The van der Waals surface area contributed by atoms with Crippen LogP contribution in [0.15, 0.2) is 64.5 Å². The smallest absolute Gasteiger partial charge is 0.264 e. The monoisotopic (exact) mass is 359 g/mol. The molecule has 0 spiro atoms. The van der Waals surface area contributed by atoms with Crippen LogP contribution in [0.4, 0.5) is 0 Å². The van der Waals surface area contributed by atoms with Crippen molar-refractivity contribution in [3.63, 3.8) is 0 Å². The maximum atomic E-state index is 11.9. The van der Waals surface area contributed by atoms with Gasteiger partial charge in [0.25, 0.3) is 5.91 Å². The highest BCUT2D eigenvalue weighted by Gasteiger charge is 2.23. The average molecular weight is 359 g/mol. The fourth-order valence-corrected chi connectivity index (χ4v) is 3.39. The van der Waals surface area contributed by atoms with Crippen molar-refractivity contribution in [3.8, 4) is 6.19 Å². The molecule has 2 aromatic carbocycles. The molecule has 1 N–H and O–H groups in total. The van der Waals surface area contributed by atoms with Crippen LogP contribution >= 0.6 is 11.8 Å². The lowest BCUT2D eigenvalue weighted by Crippen LogP contribution is -2.19. The minimum Gasteiger partial charge on any atom is -0.300 e. The first-order chi connectivity index (χ1) is 12.7. The van der Waals surface area contributed by atoms with Crippen LogP contribution in [-0.2, 0) is 4.79 Å². The normalized spacial score (nSPS) is 17.4. The molecule has 1 amide bonds. The van der Waals surface area contributed by atoms with E-state index in [9.17, 15) is 4.79 Å². The van der Waals surface area contributed by atoms with Gasteiger partial charge >= 0.3 is 0 Å². The topological polar surface area (TPSA) is 65.2 Å².